The number of nitrogens with one attached hydrogen (secondary N) is 1. The lowest BCUT2D eigenvalue weighted by atomic mass is 10.2. The average molecular weight is 412 g/mol. The lowest BCUT2D eigenvalue weighted by molar-refractivity contribution is -0.145. The number of carbonyl (C=O) groups is 2. The number of aryl methyl sites for hydroxylation is 1. The van der Waals surface area contributed by atoms with Crippen molar-refractivity contribution in [3.05, 3.63) is 58.5 Å². The summed E-state index contributed by atoms with van der Waals surface area (Å²) in [5.74, 6) is -0.795. The Balaban J connectivity index is 1.73. The van der Waals surface area contributed by atoms with Crippen LogP contribution in [0, 0.1) is 6.92 Å². The normalized spacial score (nSPS) is 17.4. The maximum absolute atomic E-state index is 12.2. The molecule has 1 aliphatic rings. The number of thioether (sulfide) groups is 1. The van der Waals surface area contributed by atoms with E-state index in [-0.39, 0.29) is 11.7 Å². The summed E-state index contributed by atoms with van der Waals surface area (Å²) in [7, 11) is 0. The smallest absolute Gasteiger partial charge is 0.344 e. The number of benzene rings is 2. The molecule has 3 N–H and O–H groups in total. The molecule has 1 fully saturated rings. The van der Waals surface area contributed by atoms with Crippen LogP contribution < -0.4 is 10.1 Å². The van der Waals surface area contributed by atoms with Gasteiger partial charge in [0.05, 0.1) is 4.91 Å². The van der Waals surface area contributed by atoms with Gasteiger partial charge in [-0.15, -0.1) is 0 Å². The molecule has 2 aromatic carbocycles. The molecule has 0 radical (unpaired) electrons. The quantitative estimate of drug-likeness (QED) is 0.622. The molecule has 2 aromatic rings. The minimum Gasteiger partial charge on any atom is -0.506 e. The van der Waals surface area contributed by atoms with E-state index in [1.54, 1.807) is 49.4 Å². The van der Waals surface area contributed by atoms with Crippen molar-refractivity contribution in [1.82, 2.24) is 5.32 Å². The average Bonchev–Trinajstić information content (AvgIpc) is 3.02. The number of phenols is 1. The van der Waals surface area contributed by atoms with E-state index in [2.05, 4.69) is 10.3 Å². The van der Waals surface area contributed by atoms with Crippen LogP contribution in [0.15, 0.2) is 52.4 Å². The third kappa shape index (κ3) is 5.17. The van der Waals surface area contributed by atoms with Gasteiger partial charge in [-0.3, -0.25) is 4.79 Å². The number of amides is 1. The second-order valence-electron chi connectivity index (χ2n) is 6.40. The fourth-order valence-electron chi connectivity index (χ4n) is 2.58. The topological polar surface area (TPSA) is 108 Å². The zero-order valence-corrected chi connectivity index (χ0v) is 16.7. The molecule has 7 nitrogen and oxygen atoms in total. The number of hydrogen-bond acceptors (Lipinski definition) is 6. The summed E-state index contributed by atoms with van der Waals surface area (Å²) < 4.78 is 5.43. The van der Waals surface area contributed by atoms with Crippen molar-refractivity contribution in [1.29, 1.82) is 0 Å². The van der Waals surface area contributed by atoms with Crippen molar-refractivity contribution in [2.75, 3.05) is 0 Å². The highest BCUT2D eigenvalue weighted by Crippen LogP contribution is 2.32. The Morgan fingerprint density at radius 2 is 2.00 bits per heavy atom. The van der Waals surface area contributed by atoms with E-state index >= 15 is 0 Å². The summed E-state index contributed by atoms with van der Waals surface area (Å²) >= 11 is 1.17. The molecule has 29 heavy (non-hydrogen) atoms. The number of ether oxygens (including phenoxy) is 1. The molecule has 1 saturated heterocycles. The maximum atomic E-state index is 12.2. The van der Waals surface area contributed by atoms with Crippen molar-refractivity contribution >= 4 is 40.6 Å². The number of carboxylic acid groups (broad SMARTS) is 1. The number of amidine groups is 1. The van der Waals surface area contributed by atoms with E-state index in [4.69, 9.17) is 9.84 Å². The Kier molecular flexibility index (Phi) is 6.23. The summed E-state index contributed by atoms with van der Waals surface area (Å²) in [6, 6.07) is 11.9. The highest BCUT2D eigenvalue weighted by atomic mass is 32.2. The Labute approximate surface area is 172 Å². The Morgan fingerprint density at radius 3 is 2.62 bits per heavy atom. The number of aromatic hydroxyl groups is 1. The SMILES string of the molecule is CCC(Oc1ccc(/C=C2\SC(=Nc3ccc(C)cc3O)NC2=O)cc1)C(=O)O. The van der Waals surface area contributed by atoms with Gasteiger partial charge in [0.25, 0.3) is 5.91 Å². The number of aliphatic carboxylic acids is 1. The van der Waals surface area contributed by atoms with E-state index < -0.39 is 12.1 Å². The van der Waals surface area contributed by atoms with E-state index in [0.717, 1.165) is 11.1 Å². The third-order valence-electron chi connectivity index (χ3n) is 4.11. The van der Waals surface area contributed by atoms with Gasteiger partial charge in [0.2, 0.25) is 0 Å². The minimum atomic E-state index is -1.01. The first-order chi connectivity index (χ1) is 13.9. The van der Waals surface area contributed by atoms with Gasteiger partial charge in [0, 0.05) is 0 Å². The van der Waals surface area contributed by atoms with Crippen molar-refractivity contribution in [2.45, 2.75) is 26.4 Å². The van der Waals surface area contributed by atoms with Crippen molar-refractivity contribution < 1.29 is 24.5 Å². The predicted molar refractivity (Wildman–Crippen MR) is 112 cm³/mol. The summed E-state index contributed by atoms with van der Waals surface area (Å²) in [5, 5.41) is 22.1. The van der Waals surface area contributed by atoms with E-state index in [0.29, 0.717) is 27.9 Å². The zero-order valence-electron chi connectivity index (χ0n) is 15.9. The molecule has 0 bridgehead atoms. The maximum Gasteiger partial charge on any atom is 0.344 e. The van der Waals surface area contributed by atoms with Crippen molar-refractivity contribution in [2.24, 2.45) is 4.99 Å². The monoisotopic (exact) mass is 412 g/mol. The van der Waals surface area contributed by atoms with Gasteiger partial charge < -0.3 is 20.3 Å². The number of rotatable bonds is 6. The Bertz CT molecular complexity index is 999. The summed E-state index contributed by atoms with van der Waals surface area (Å²) in [6.45, 7) is 3.60. The number of carboxylic acids is 1. The van der Waals surface area contributed by atoms with Gasteiger partial charge in [0.15, 0.2) is 11.3 Å². The number of carbonyl (C=O) groups excluding carboxylic acids is 1. The third-order valence-corrected chi connectivity index (χ3v) is 5.02. The first-order valence-corrected chi connectivity index (χ1v) is 9.76. The zero-order chi connectivity index (χ0) is 21.0. The molecular formula is C21H20N2O5S. The number of nitrogens with zero attached hydrogens (tertiary/aromatic N) is 1. The van der Waals surface area contributed by atoms with Gasteiger partial charge >= 0.3 is 5.97 Å². The second-order valence-corrected chi connectivity index (χ2v) is 7.43. The molecule has 3 rings (SSSR count). The van der Waals surface area contributed by atoms with Crippen LogP contribution in [0.3, 0.4) is 0 Å². The van der Waals surface area contributed by atoms with Crippen LogP contribution in [0.2, 0.25) is 0 Å². The number of hydrogen-bond donors (Lipinski definition) is 3. The molecular weight excluding hydrogens is 392 g/mol. The highest BCUT2D eigenvalue weighted by molar-refractivity contribution is 8.18. The van der Waals surface area contributed by atoms with Crippen LogP contribution >= 0.6 is 11.8 Å². The molecule has 1 aliphatic heterocycles. The molecule has 150 valence electrons. The Hall–Kier alpha value is -3.26. The fraction of sp³-hybridized carbons (Fsp3) is 0.190. The Morgan fingerprint density at radius 1 is 1.28 bits per heavy atom. The van der Waals surface area contributed by atoms with Crippen LogP contribution in [-0.2, 0) is 9.59 Å². The first-order valence-electron chi connectivity index (χ1n) is 8.94. The summed E-state index contributed by atoms with van der Waals surface area (Å²) in [5.41, 5.74) is 2.05. The van der Waals surface area contributed by atoms with Gasteiger partial charge in [-0.05, 0) is 66.6 Å². The molecule has 1 atom stereocenters. The van der Waals surface area contributed by atoms with Crippen molar-refractivity contribution in [3.8, 4) is 11.5 Å². The lowest BCUT2D eigenvalue weighted by Crippen LogP contribution is -2.25. The summed E-state index contributed by atoms with van der Waals surface area (Å²) in [6.07, 6.45) is 1.17. The molecule has 8 heteroatoms. The minimum absolute atomic E-state index is 0.0483. The number of aliphatic imine (C=N–C) groups is 1. The standard InChI is InChI=1S/C21H20N2O5S/c1-3-17(20(26)27)28-14-7-5-13(6-8-14)11-18-19(25)23-21(29-18)22-15-9-4-12(2)10-16(15)24/h4-11,17,24H,3H2,1-2H3,(H,26,27)(H,22,23,25)/b18-11-. The van der Waals surface area contributed by atoms with E-state index in [1.165, 1.54) is 11.8 Å². The van der Waals surface area contributed by atoms with Gasteiger partial charge in [0.1, 0.15) is 17.2 Å². The first kappa shape index (κ1) is 20.5. The molecule has 0 aliphatic carbocycles. The molecule has 1 unspecified atom stereocenters. The highest BCUT2D eigenvalue weighted by Gasteiger charge is 2.24. The summed E-state index contributed by atoms with van der Waals surface area (Å²) in [4.78, 5) is 28.0. The van der Waals surface area contributed by atoms with Crippen LogP contribution in [-0.4, -0.2) is 33.4 Å². The van der Waals surface area contributed by atoms with Crippen LogP contribution in [0.4, 0.5) is 5.69 Å². The lowest BCUT2D eigenvalue weighted by Gasteiger charge is -2.13. The molecule has 0 saturated carbocycles. The van der Waals surface area contributed by atoms with Gasteiger partial charge in [-0.25, -0.2) is 9.79 Å². The molecule has 0 aromatic heterocycles. The van der Waals surface area contributed by atoms with Crippen molar-refractivity contribution in [3.63, 3.8) is 0 Å². The van der Waals surface area contributed by atoms with E-state index in [9.17, 15) is 14.7 Å². The second kappa shape index (κ2) is 8.83. The van der Waals surface area contributed by atoms with Gasteiger partial charge in [-0.1, -0.05) is 25.1 Å². The van der Waals surface area contributed by atoms with Crippen LogP contribution in [0.1, 0.15) is 24.5 Å². The molecule has 1 amide bonds. The molecule has 0 spiro atoms. The largest absolute Gasteiger partial charge is 0.506 e. The predicted octanol–water partition coefficient (Wildman–Crippen LogP) is 3.83. The van der Waals surface area contributed by atoms with Gasteiger partial charge in [-0.2, -0.15) is 0 Å². The van der Waals surface area contributed by atoms with Crippen LogP contribution in [0.5, 0.6) is 11.5 Å². The number of phenolic OH excluding ortho intramolecular Hbond substituents is 1. The molecule has 1 heterocycles. The fourth-order valence-corrected chi connectivity index (χ4v) is 3.42. The van der Waals surface area contributed by atoms with Crippen LogP contribution in [0.25, 0.3) is 6.08 Å². The van der Waals surface area contributed by atoms with E-state index in [1.807, 2.05) is 13.0 Å².